The van der Waals surface area contributed by atoms with Gasteiger partial charge in [0.25, 0.3) is 0 Å². The predicted octanol–water partition coefficient (Wildman–Crippen LogP) is 4.25. The zero-order chi connectivity index (χ0) is 35.9. The van der Waals surface area contributed by atoms with Crippen LogP contribution >= 0.6 is 0 Å². The molecule has 0 bridgehead atoms. The molecule has 2 heterocycles. The number of ether oxygens (including phenoxy) is 3. The van der Waals surface area contributed by atoms with Crippen molar-refractivity contribution in [3.63, 3.8) is 0 Å². The third-order valence-corrected chi connectivity index (χ3v) is 9.54. The fourth-order valence-corrected chi connectivity index (χ4v) is 6.63. The number of hydrogen-bond acceptors (Lipinski definition) is 9. The van der Waals surface area contributed by atoms with E-state index >= 15 is 0 Å². The van der Waals surface area contributed by atoms with Crippen LogP contribution in [0.3, 0.4) is 0 Å². The summed E-state index contributed by atoms with van der Waals surface area (Å²) in [5.41, 5.74) is 4.41. The van der Waals surface area contributed by atoms with E-state index in [1.165, 1.54) is 16.6 Å². The van der Waals surface area contributed by atoms with E-state index in [0.717, 1.165) is 28.7 Å². The van der Waals surface area contributed by atoms with Crippen molar-refractivity contribution in [3.05, 3.63) is 90.0 Å². The number of rotatable bonds is 13. The second-order valence-corrected chi connectivity index (χ2v) is 12.7. The highest BCUT2D eigenvalue weighted by Crippen LogP contribution is 2.44. The van der Waals surface area contributed by atoms with Crippen LogP contribution in [0, 0.1) is 12.3 Å². The largest absolute Gasteiger partial charge is 0.448 e. The smallest absolute Gasteiger partial charge is 0.410 e. The van der Waals surface area contributed by atoms with Crippen molar-refractivity contribution in [2.75, 3.05) is 26.8 Å². The molecular formula is C38H41N7O6. The summed E-state index contributed by atoms with van der Waals surface area (Å²) in [6, 6.07) is 23.1. The first-order valence-electron chi connectivity index (χ1n) is 17.0. The summed E-state index contributed by atoms with van der Waals surface area (Å²) in [5, 5.41) is 14.7. The highest BCUT2D eigenvalue weighted by molar-refractivity contribution is 5.91. The lowest BCUT2D eigenvalue weighted by Gasteiger charge is -2.33. The van der Waals surface area contributed by atoms with Crippen LogP contribution in [0.2, 0.25) is 0 Å². The zero-order valence-corrected chi connectivity index (χ0v) is 28.8. The SMILES string of the molecule is C#CCO[C@H](C)[C@H](NC(=O)[C@H](C)N(C)C(=O)OCC1c2ccccc2-c2ccccc21)C(=O)N1CCC[C@H]1Cn1nnnc1Oc1ccccc1. The second-order valence-electron chi connectivity index (χ2n) is 12.7. The van der Waals surface area contributed by atoms with Crippen molar-refractivity contribution in [2.45, 2.75) is 63.4 Å². The average molecular weight is 692 g/mol. The third kappa shape index (κ3) is 7.71. The number of nitrogens with zero attached hydrogens (tertiary/aromatic N) is 6. The molecule has 6 rings (SSSR count). The molecule has 1 aliphatic carbocycles. The molecule has 3 amide bonds. The number of carbonyl (C=O) groups is 3. The number of aromatic nitrogens is 4. The Bertz CT molecular complexity index is 1850. The summed E-state index contributed by atoms with van der Waals surface area (Å²) in [6.45, 7) is 4.06. The van der Waals surface area contributed by atoms with Gasteiger partial charge in [-0.15, -0.1) is 6.42 Å². The molecule has 1 fully saturated rings. The average Bonchev–Trinajstić information content (AvgIpc) is 3.89. The number of likely N-dealkylation sites (N-methyl/N-ethyl adjacent to an activating group) is 1. The lowest BCUT2D eigenvalue weighted by molar-refractivity contribution is -0.142. The van der Waals surface area contributed by atoms with Crippen LogP contribution in [0.5, 0.6) is 11.8 Å². The maximum absolute atomic E-state index is 14.2. The monoisotopic (exact) mass is 691 g/mol. The normalized spacial score (nSPS) is 16.7. The van der Waals surface area contributed by atoms with Crippen LogP contribution < -0.4 is 10.1 Å². The van der Waals surface area contributed by atoms with Gasteiger partial charge in [-0.25, -0.2) is 4.79 Å². The number of para-hydroxylation sites is 1. The second kappa shape index (κ2) is 15.9. The molecule has 0 unspecified atom stereocenters. The summed E-state index contributed by atoms with van der Waals surface area (Å²) in [7, 11) is 1.50. The van der Waals surface area contributed by atoms with E-state index in [1.54, 1.807) is 30.9 Å². The van der Waals surface area contributed by atoms with Crippen LogP contribution in [-0.4, -0.2) is 99.0 Å². The number of carbonyl (C=O) groups excluding carboxylic acids is 3. The lowest BCUT2D eigenvalue weighted by Crippen LogP contribution is -2.58. The molecule has 2 aliphatic rings. The number of tetrazole rings is 1. The van der Waals surface area contributed by atoms with Gasteiger partial charge in [-0.3, -0.25) is 14.5 Å². The molecular weight excluding hydrogens is 650 g/mol. The summed E-state index contributed by atoms with van der Waals surface area (Å²) >= 11 is 0. The van der Waals surface area contributed by atoms with Crippen LogP contribution in [0.4, 0.5) is 4.79 Å². The van der Waals surface area contributed by atoms with E-state index in [4.69, 9.17) is 20.6 Å². The van der Waals surface area contributed by atoms with Crippen LogP contribution in [0.25, 0.3) is 11.1 Å². The molecule has 4 atom stereocenters. The van der Waals surface area contributed by atoms with Gasteiger partial charge in [-0.1, -0.05) is 77.7 Å². The van der Waals surface area contributed by atoms with Crippen molar-refractivity contribution >= 4 is 17.9 Å². The molecule has 13 heteroatoms. The molecule has 0 saturated carbocycles. The topological polar surface area (TPSA) is 141 Å². The Balaban J connectivity index is 1.10. The van der Waals surface area contributed by atoms with Gasteiger partial charge < -0.3 is 24.4 Å². The van der Waals surface area contributed by atoms with Crippen LogP contribution in [0.1, 0.15) is 43.7 Å². The minimum atomic E-state index is -1.08. The first kappa shape index (κ1) is 35.1. The fraction of sp³-hybridized carbons (Fsp3) is 0.368. The van der Waals surface area contributed by atoms with Crippen LogP contribution in [-0.2, 0) is 25.6 Å². The molecule has 13 nitrogen and oxygen atoms in total. The molecule has 3 aromatic carbocycles. The summed E-state index contributed by atoms with van der Waals surface area (Å²) < 4.78 is 18.9. The summed E-state index contributed by atoms with van der Waals surface area (Å²) in [6.07, 6.45) is 5.45. The zero-order valence-electron chi connectivity index (χ0n) is 28.8. The van der Waals surface area contributed by atoms with E-state index in [2.05, 4.69) is 38.9 Å². The number of likely N-dealkylation sites (tertiary alicyclic amines) is 1. The molecule has 0 spiro atoms. The van der Waals surface area contributed by atoms with Gasteiger partial charge in [-0.05, 0) is 71.5 Å². The Morgan fingerprint density at radius 1 is 1.00 bits per heavy atom. The van der Waals surface area contributed by atoms with Crippen molar-refractivity contribution in [3.8, 4) is 35.2 Å². The van der Waals surface area contributed by atoms with E-state index in [1.807, 2.05) is 54.6 Å². The number of fused-ring (bicyclic) bond motifs is 3. The standard InChI is InChI=1S/C38H41N7O6/c1-5-22-49-26(3)34(36(47)44-21-13-14-27(44)23-45-37(40-41-42-45)51-28-15-7-6-8-16-28)39-35(46)25(2)43(4)38(48)50-24-33-31-19-11-9-17-29(31)30-18-10-12-20-32(30)33/h1,6-12,15-20,25-27,33-34H,13-14,21-24H2,2-4H3,(H,39,46)/t25-,26+,27-,34-/m0/s1. The Labute approximate surface area is 296 Å². The van der Waals surface area contributed by atoms with Crippen molar-refractivity contribution in [1.29, 1.82) is 0 Å². The lowest BCUT2D eigenvalue weighted by atomic mass is 9.98. The Morgan fingerprint density at radius 2 is 1.67 bits per heavy atom. The van der Waals surface area contributed by atoms with Gasteiger partial charge in [0.15, 0.2) is 0 Å². The predicted molar refractivity (Wildman–Crippen MR) is 188 cm³/mol. The van der Waals surface area contributed by atoms with E-state index < -0.39 is 30.2 Å². The van der Waals surface area contributed by atoms with Gasteiger partial charge in [0.2, 0.25) is 11.8 Å². The van der Waals surface area contributed by atoms with Gasteiger partial charge in [0, 0.05) is 19.5 Å². The highest BCUT2D eigenvalue weighted by Gasteiger charge is 2.39. The molecule has 51 heavy (non-hydrogen) atoms. The summed E-state index contributed by atoms with van der Waals surface area (Å²) in [5.74, 6) is 1.98. The number of terminal acetylenes is 1. The van der Waals surface area contributed by atoms with Crippen molar-refractivity contribution < 1.29 is 28.6 Å². The van der Waals surface area contributed by atoms with Gasteiger partial charge in [0.05, 0.1) is 18.7 Å². The maximum Gasteiger partial charge on any atom is 0.410 e. The van der Waals surface area contributed by atoms with Gasteiger partial charge >= 0.3 is 12.1 Å². The molecule has 0 radical (unpaired) electrons. The van der Waals surface area contributed by atoms with Crippen LogP contribution in [0.15, 0.2) is 78.9 Å². The number of benzene rings is 3. The first-order valence-corrected chi connectivity index (χ1v) is 17.0. The molecule has 1 aromatic heterocycles. The van der Waals surface area contributed by atoms with Gasteiger partial charge in [-0.2, -0.15) is 4.68 Å². The number of nitrogens with one attached hydrogen (secondary N) is 1. The van der Waals surface area contributed by atoms with Gasteiger partial charge in [0.1, 0.15) is 31.0 Å². The van der Waals surface area contributed by atoms with Crippen molar-refractivity contribution in [1.82, 2.24) is 35.3 Å². The highest BCUT2D eigenvalue weighted by atomic mass is 16.6. The molecule has 1 N–H and O–H groups in total. The van der Waals surface area contributed by atoms with E-state index in [9.17, 15) is 14.4 Å². The quantitative estimate of drug-likeness (QED) is 0.204. The first-order chi connectivity index (χ1) is 24.8. The van der Waals surface area contributed by atoms with E-state index in [-0.39, 0.29) is 43.6 Å². The number of amides is 3. The molecule has 264 valence electrons. The Morgan fingerprint density at radius 3 is 2.35 bits per heavy atom. The van der Waals surface area contributed by atoms with E-state index in [0.29, 0.717) is 18.7 Å². The molecule has 4 aromatic rings. The maximum atomic E-state index is 14.2. The number of hydrogen-bond donors (Lipinski definition) is 1. The minimum Gasteiger partial charge on any atom is -0.448 e. The Hall–Kier alpha value is -5.74. The van der Waals surface area contributed by atoms with Crippen molar-refractivity contribution in [2.24, 2.45) is 0 Å². The third-order valence-electron chi connectivity index (χ3n) is 9.54. The Kier molecular flexibility index (Phi) is 10.9. The molecule has 1 aliphatic heterocycles. The summed E-state index contributed by atoms with van der Waals surface area (Å²) in [4.78, 5) is 44.0. The molecule has 1 saturated heterocycles. The minimum absolute atomic E-state index is 0.0513. The fourth-order valence-electron chi connectivity index (χ4n) is 6.63.